The number of aromatic nitrogens is 3. The van der Waals surface area contributed by atoms with Crippen molar-refractivity contribution in [3.8, 4) is 5.75 Å². The summed E-state index contributed by atoms with van der Waals surface area (Å²) in [4.78, 5) is 12.9. The zero-order chi connectivity index (χ0) is 18.8. The van der Waals surface area contributed by atoms with Gasteiger partial charge in [0, 0.05) is 0 Å². The van der Waals surface area contributed by atoms with Gasteiger partial charge in [0.2, 0.25) is 11.1 Å². The fourth-order valence-corrected chi connectivity index (χ4v) is 4.06. The Bertz CT molecular complexity index is 923. The second kappa shape index (κ2) is 7.36. The molecule has 0 aliphatic carbocycles. The van der Waals surface area contributed by atoms with Gasteiger partial charge in [-0.2, -0.15) is 0 Å². The van der Waals surface area contributed by atoms with Gasteiger partial charge in [0.15, 0.2) is 0 Å². The lowest BCUT2D eigenvalue weighted by Crippen LogP contribution is -2.43. The number of amides is 1. The molecule has 0 bridgehead atoms. The van der Waals surface area contributed by atoms with Crippen LogP contribution >= 0.6 is 11.8 Å². The van der Waals surface area contributed by atoms with Gasteiger partial charge in [0.05, 0.1) is 26.0 Å². The van der Waals surface area contributed by atoms with Gasteiger partial charge in [-0.1, -0.05) is 23.9 Å². The van der Waals surface area contributed by atoms with E-state index in [0.29, 0.717) is 17.5 Å². The summed E-state index contributed by atoms with van der Waals surface area (Å²) in [5.41, 5.74) is 4.34. The fraction of sp³-hybridized carbons (Fsp3) is 0.278. The lowest BCUT2D eigenvalue weighted by molar-refractivity contribution is -0.121. The molecule has 0 saturated carbocycles. The maximum atomic E-state index is 12.9. The number of carbonyl (C=O) groups is 1. The van der Waals surface area contributed by atoms with Crippen LogP contribution in [-0.2, 0) is 11.3 Å². The van der Waals surface area contributed by atoms with Gasteiger partial charge in [-0.15, -0.1) is 10.2 Å². The van der Waals surface area contributed by atoms with Crippen molar-refractivity contribution in [2.24, 2.45) is 0 Å². The molecular formula is C18H19N5O3S. The van der Waals surface area contributed by atoms with Crippen molar-refractivity contribution in [2.45, 2.75) is 29.9 Å². The highest BCUT2D eigenvalue weighted by atomic mass is 32.2. The number of fused-ring (bicyclic) bond motifs is 1. The molecule has 2 aromatic heterocycles. The van der Waals surface area contributed by atoms with Crippen LogP contribution in [0.4, 0.5) is 0 Å². The first-order chi connectivity index (χ1) is 13.2. The van der Waals surface area contributed by atoms with Crippen molar-refractivity contribution < 1.29 is 13.9 Å². The van der Waals surface area contributed by atoms with Crippen LogP contribution in [0.5, 0.6) is 5.75 Å². The molecule has 2 N–H and O–H groups in total. The summed E-state index contributed by atoms with van der Waals surface area (Å²) >= 11 is 1.39. The summed E-state index contributed by atoms with van der Waals surface area (Å²) in [5.74, 6) is 2.11. The molecule has 9 heteroatoms. The number of aryl methyl sites for hydroxylation is 1. The minimum atomic E-state index is -0.413. The Morgan fingerprint density at radius 2 is 2.15 bits per heavy atom. The summed E-state index contributed by atoms with van der Waals surface area (Å²) in [6.07, 6.45) is 1.59. The number of nitrogens with zero attached hydrogens (tertiary/aromatic N) is 3. The molecule has 2 unspecified atom stereocenters. The molecule has 1 aliphatic heterocycles. The van der Waals surface area contributed by atoms with Gasteiger partial charge in [-0.3, -0.25) is 4.79 Å². The smallest absolute Gasteiger partial charge is 0.236 e. The lowest BCUT2D eigenvalue weighted by atomic mass is 10.0. The Kier molecular flexibility index (Phi) is 4.76. The minimum absolute atomic E-state index is 0.100. The molecule has 3 aromatic rings. The average molecular weight is 385 g/mol. The number of hydrogen-bond acceptors (Lipinski definition) is 7. The number of furan rings is 1. The number of hydrogen-bond donors (Lipinski definition) is 2. The van der Waals surface area contributed by atoms with Crippen molar-refractivity contribution in [2.75, 3.05) is 12.5 Å². The first-order valence-corrected chi connectivity index (χ1v) is 9.33. The van der Waals surface area contributed by atoms with E-state index in [-0.39, 0.29) is 11.9 Å². The molecule has 1 aliphatic rings. The fourth-order valence-electron chi connectivity index (χ4n) is 2.91. The van der Waals surface area contributed by atoms with E-state index in [1.807, 2.05) is 41.9 Å². The van der Waals surface area contributed by atoms with Gasteiger partial charge in [-0.05, 0) is 36.8 Å². The summed E-state index contributed by atoms with van der Waals surface area (Å²) < 4.78 is 12.3. The zero-order valence-corrected chi connectivity index (χ0v) is 15.7. The van der Waals surface area contributed by atoms with Gasteiger partial charge >= 0.3 is 0 Å². The van der Waals surface area contributed by atoms with E-state index in [9.17, 15) is 4.79 Å². The highest BCUT2D eigenvalue weighted by Gasteiger charge is 2.37. The molecule has 1 aromatic carbocycles. The third kappa shape index (κ3) is 3.50. The van der Waals surface area contributed by atoms with Crippen molar-refractivity contribution >= 4 is 17.7 Å². The number of carbonyl (C=O) groups excluding carboxylic acids is 1. The lowest BCUT2D eigenvalue weighted by Gasteiger charge is -2.32. The minimum Gasteiger partial charge on any atom is -0.497 e. The molecule has 3 heterocycles. The normalized spacial score (nSPS) is 18.4. The van der Waals surface area contributed by atoms with Gasteiger partial charge in [-0.25, -0.2) is 4.68 Å². The third-order valence-corrected chi connectivity index (χ3v) is 5.56. The van der Waals surface area contributed by atoms with E-state index in [1.165, 1.54) is 11.8 Å². The van der Waals surface area contributed by atoms with Gasteiger partial charge in [0.1, 0.15) is 22.6 Å². The monoisotopic (exact) mass is 385 g/mol. The highest BCUT2D eigenvalue weighted by Crippen LogP contribution is 2.37. The molecule has 1 amide bonds. The van der Waals surface area contributed by atoms with Gasteiger partial charge in [0.25, 0.3) is 0 Å². The summed E-state index contributed by atoms with van der Waals surface area (Å²) in [5, 5.41) is 11.4. The van der Waals surface area contributed by atoms with E-state index >= 15 is 0 Å². The maximum absolute atomic E-state index is 12.9. The van der Waals surface area contributed by atoms with Crippen LogP contribution < -0.4 is 15.5 Å². The zero-order valence-electron chi connectivity index (χ0n) is 14.9. The van der Waals surface area contributed by atoms with Crippen molar-refractivity contribution in [1.29, 1.82) is 0 Å². The van der Waals surface area contributed by atoms with Crippen LogP contribution in [0.1, 0.15) is 23.2 Å². The number of rotatable bonds is 5. The quantitative estimate of drug-likeness (QED) is 0.696. The Labute approximate surface area is 160 Å². The highest BCUT2D eigenvalue weighted by molar-refractivity contribution is 8.00. The Morgan fingerprint density at radius 3 is 2.85 bits per heavy atom. The summed E-state index contributed by atoms with van der Waals surface area (Å²) in [7, 11) is 1.63. The van der Waals surface area contributed by atoms with Crippen molar-refractivity contribution in [1.82, 2.24) is 20.2 Å². The van der Waals surface area contributed by atoms with Gasteiger partial charge < -0.3 is 19.9 Å². The molecule has 140 valence electrons. The van der Waals surface area contributed by atoms with Crippen LogP contribution in [0.25, 0.3) is 0 Å². The number of methoxy groups -OCH3 is 1. The van der Waals surface area contributed by atoms with Crippen LogP contribution in [-0.4, -0.2) is 33.1 Å². The molecular weight excluding hydrogens is 366 g/mol. The molecule has 2 atom stereocenters. The van der Waals surface area contributed by atoms with E-state index in [0.717, 1.165) is 17.1 Å². The van der Waals surface area contributed by atoms with Crippen LogP contribution in [0.3, 0.4) is 0 Å². The molecule has 0 fully saturated rings. The number of nitrogens with one attached hydrogen (secondary N) is 2. The largest absolute Gasteiger partial charge is 0.497 e. The number of thioether (sulfide) groups is 1. The standard InChI is InChI=1S/C18H19N5O3S/c1-11-20-21-18-23(11)22-15(12-5-7-13(25-2)8-6-12)16(27-18)17(24)19-10-14-4-3-9-26-14/h3-9,15-16,22H,10H2,1-2H3,(H,19,24). The Balaban J connectivity index is 1.59. The molecule has 0 spiro atoms. The predicted molar refractivity (Wildman–Crippen MR) is 100 cm³/mol. The van der Waals surface area contributed by atoms with E-state index in [2.05, 4.69) is 20.9 Å². The van der Waals surface area contributed by atoms with Crippen LogP contribution in [0.2, 0.25) is 0 Å². The predicted octanol–water partition coefficient (Wildman–Crippen LogP) is 2.26. The topological polar surface area (TPSA) is 94.2 Å². The number of ether oxygens (including phenoxy) is 1. The van der Waals surface area contributed by atoms with Crippen LogP contribution in [0, 0.1) is 6.92 Å². The first kappa shape index (κ1) is 17.5. The molecule has 8 nitrogen and oxygen atoms in total. The van der Waals surface area contributed by atoms with E-state index in [1.54, 1.807) is 19.4 Å². The second-order valence-corrected chi connectivity index (χ2v) is 7.19. The first-order valence-electron chi connectivity index (χ1n) is 8.45. The van der Waals surface area contributed by atoms with E-state index < -0.39 is 5.25 Å². The Morgan fingerprint density at radius 1 is 1.33 bits per heavy atom. The summed E-state index contributed by atoms with van der Waals surface area (Å²) in [6.45, 7) is 2.20. The molecule has 4 rings (SSSR count). The van der Waals surface area contributed by atoms with Crippen molar-refractivity contribution in [3.63, 3.8) is 0 Å². The SMILES string of the molecule is COc1ccc(C2Nn3c(C)nnc3SC2C(=O)NCc2ccco2)cc1. The molecule has 0 saturated heterocycles. The van der Waals surface area contributed by atoms with Crippen LogP contribution in [0.15, 0.2) is 52.2 Å². The second-order valence-electron chi connectivity index (χ2n) is 6.08. The molecule has 0 radical (unpaired) electrons. The third-order valence-electron chi connectivity index (χ3n) is 4.35. The maximum Gasteiger partial charge on any atom is 0.236 e. The number of benzene rings is 1. The van der Waals surface area contributed by atoms with E-state index in [4.69, 9.17) is 9.15 Å². The van der Waals surface area contributed by atoms with Crippen molar-refractivity contribution in [3.05, 3.63) is 59.8 Å². The Hall–Kier alpha value is -2.94. The molecule has 27 heavy (non-hydrogen) atoms. The average Bonchev–Trinajstić information content (AvgIpc) is 3.35. The summed E-state index contributed by atoms with van der Waals surface area (Å²) in [6, 6.07) is 11.0.